The first-order valence-electron chi connectivity index (χ1n) is 3.88. The van der Waals surface area contributed by atoms with Gasteiger partial charge in [0.2, 0.25) is 0 Å². The molecule has 66 valence electrons. The van der Waals surface area contributed by atoms with Gasteiger partial charge in [-0.1, -0.05) is 0 Å². The highest BCUT2D eigenvalue weighted by molar-refractivity contribution is 5.89. The number of hydrogen-bond donors (Lipinski definition) is 1. The predicted molar refractivity (Wildman–Crippen MR) is 55.2 cm³/mol. The first-order valence-corrected chi connectivity index (χ1v) is 3.88. The normalized spacial score (nSPS) is 11.8. The van der Waals surface area contributed by atoms with Gasteiger partial charge in [0, 0.05) is 24.2 Å². The summed E-state index contributed by atoms with van der Waals surface area (Å²) in [5.41, 5.74) is 2.46. The Morgan fingerprint density at radius 2 is 2.15 bits per heavy atom. The SMILES string of the molecule is C=N/C(=C(/C)C=N)c1ccncc1. The van der Waals surface area contributed by atoms with E-state index in [1.54, 1.807) is 12.4 Å². The van der Waals surface area contributed by atoms with Crippen LogP contribution in [0.15, 0.2) is 35.1 Å². The molecular weight excluding hydrogens is 162 g/mol. The number of allylic oxidation sites excluding steroid dienone is 1. The number of rotatable bonds is 3. The molecule has 3 nitrogen and oxygen atoms in total. The molecule has 0 bridgehead atoms. The third-order valence-corrected chi connectivity index (χ3v) is 1.70. The van der Waals surface area contributed by atoms with Crippen LogP contribution in [0, 0.1) is 5.41 Å². The molecule has 1 aromatic rings. The predicted octanol–water partition coefficient (Wildman–Crippen LogP) is 2.16. The summed E-state index contributed by atoms with van der Waals surface area (Å²) < 4.78 is 0. The van der Waals surface area contributed by atoms with Crippen LogP contribution in [0.1, 0.15) is 12.5 Å². The zero-order valence-corrected chi connectivity index (χ0v) is 7.49. The van der Waals surface area contributed by atoms with Gasteiger partial charge in [-0.05, 0) is 31.3 Å². The van der Waals surface area contributed by atoms with Crippen molar-refractivity contribution in [3.8, 4) is 0 Å². The molecule has 1 aromatic heterocycles. The first-order chi connectivity index (χ1) is 6.29. The summed E-state index contributed by atoms with van der Waals surface area (Å²) in [5, 5.41) is 7.11. The molecule has 0 saturated carbocycles. The maximum atomic E-state index is 7.11. The minimum atomic E-state index is 0.734. The summed E-state index contributed by atoms with van der Waals surface area (Å²) in [4.78, 5) is 7.79. The molecule has 0 radical (unpaired) electrons. The topological polar surface area (TPSA) is 49.1 Å². The Bertz CT molecular complexity index is 338. The fraction of sp³-hybridized carbons (Fsp3) is 0.100. The van der Waals surface area contributed by atoms with Crippen LogP contribution < -0.4 is 0 Å². The molecule has 0 unspecified atom stereocenters. The third kappa shape index (κ3) is 2.08. The van der Waals surface area contributed by atoms with Crippen LogP contribution in [0.3, 0.4) is 0 Å². The molecule has 0 aliphatic heterocycles. The summed E-state index contributed by atoms with van der Waals surface area (Å²) in [7, 11) is 0. The van der Waals surface area contributed by atoms with Gasteiger partial charge in [0.05, 0.1) is 5.70 Å². The third-order valence-electron chi connectivity index (χ3n) is 1.70. The molecule has 13 heavy (non-hydrogen) atoms. The zero-order chi connectivity index (χ0) is 9.68. The van der Waals surface area contributed by atoms with Gasteiger partial charge < -0.3 is 5.41 Å². The quantitative estimate of drug-likeness (QED) is 0.699. The van der Waals surface area contributed by atoms with Crippen molar-refractivity contribution >= 4 is 18.6 Å². The maximum absolute atomic E-state index is 7.11. The first kappa shape index (κ1) is 9.32. The zero-order valence-electron chi connectivity index (χ0n) is 7.49. The Morgan fingerprint density at radius 1 is 1.54 bits per heavy atom. The van der Waals surface area contributed by atoms with Crippen LogP contribution >= 0.6 is 0 Å². The molecule has 0 aliphatic carbocycles. The van der Waals surface area contributed by atoms with Gasteiger partial charge in [-0.3, -0.25) is 9.98 Å². The van der Waals surface area contributed by atoms with Crippen LogP contribution in [0.25, 0.3) is 5.70 Å². The van der Waals surface area contributed by atoms with Crippen molar-refractivity contribution in [3.63, 3.8) is 0 Å². The fourth-order valence-corrected chi connectivity index (χ4v) is 1.02. The number of aliphatic imine (C=N–C) groups is 1. The lowest BCUT2D eigenvalue weighted by atomic mass is 10.1. The highest BCUT2D eigenvalue weighted by atomic mass is 14.7. The van der Waals surface area contributed by atoms with Crippen LogP contribution in [-0.2, 0) is 0 Å². The number of hydrogen-bond acceptors (Lipinski definition) is 3. The average molecular weight is 173 g/mol. The van der Waals surface area contributed by atoms with Gasteiger partial charge >= 0.3 is 0 Å². The minimum Gasteiger partial charge on any atom is -0.308 e. The largest absolute Gasteiger partial charge is 0.308 e. The minimum absolute atomic E-state index is 0.734. The lowest BCUT2D eigenvalue weighted by Gasteiger charge is -2.02. The van der Waals surface area contributed by atoms with E-state index in [-0.39, 0.29) is 0 Å². The van der Waals surface area contributed by atoms with E-state index in [9.17, 15) is 0 Å². The molecule has 0 fully saturated rings. The molecular formula is C10H11N3. The molecule has 0 aromatic carbocycles. The number of pyridine rings is 1. The average Bonchev–Trinajstić information content (AvgIpc) is 2.20. The van der Waals surface area contributed by atoms with Crippen molar-refractivity contribution < 1.29 is 0 Å². The maximum Gasteiger partial charge on any atom is 0.0740 e. The van der Waals surface area contributed by atoms with E-state index in [2.05, 4.69) is 16.7 Å². The lowest BCUT2D eigenvalue weighted by molar-refractivity contribution is 1.30. The van der Waals surface area contributed by atoms with E-state index in [4.69, 9.17) is 5.41 Å². The summed E-state index contributed by atoms with van der Waals surface area (Å²) >= 11 is 0. The highest BCUT2D eigenvalue weighted by Gasteiger charge is 2.00. The Labute approximate surface area is 77.4 Å². The van der Waals surface area contributed by atoms with Crippen molar-refractivity contribution in [3.05, 3.63) is 35.7 Å². The van der Waals surface area contributed by atoms with Crippen molar-refractivity contribution in [1.82, 2.24) is 4.98 Å². The Morgan fingerprint density at radius 3 is 2.62 bits per heavy atom. The molecule has 3 heteroatoms. The van der Waals surface area contributed by atoms with Crippen molar-refractivity contribution in [1.29, 1.82) is 5.41 Å². The fourth-order valence-electron chi connectivity index (χ4n) is 1.02. The Balaban J connectivity index is 3.20. The summed E-state index contributed by atoms with van der Waals surface area (Å²) in [5.74, 6) is 0. The summed E-state index contributed by atoms with van der Waals surface area (Å²) in [6.45, 7) is 5.31. The van der Waals surface area contributed by atoms with E-state index in [1.807, 2.05) is 19.1 Å². The van der Waals surface area contributed by atoms with Gasteiger partial charge in [-0.15, -0.1) is 0 Å². The van der Waals surface area contributed by atoms with Gasteiger partial charge in [0.15, 0.2) is 0 Å². The van der Waals surface area contributed by atoms with Gasteiger partial charge in [-0.2, -0.15) is 0 Å². The standard InChI is InChI=1S/C10H11N3/c1-8(7-11)10(12-2)9-3-5-13-6-4-9/h3-7,11H,2H2,1H3/b10-8-,11-7?. The van der Waals surface area contributed by atoms with E-state index in [1.165, 1.54) is 6.21 Å². The molecule has 0 saturated heterocycles. The van der Waals surface area contributed by atoms with E-state index < -0.39 is 0 Å². The van der Waals surface area contributed by atoms with Gasteiger partial charge in [-0.25, -0.2) is 0 Å². The molecule has 0 spiro atoms. The number of nitrogens with one attached hydrogen (secondary N) is 1. The number of nitrogens with zero attached hydrogens (tertiary/aromatic N) is 2. The van der Waals surface area contributed by atoms with Crippen molar-refractivity contribution in [2.45, 2.75) is 6.92 Å². The van der Waals surface area contributed by atoms with Crippen LogP contribution in [-0.4, -0.2) is 17.9 Å². The smallest absolute Gasteiger partial charge is 0.0740 e. The molecule has 1 N–H and O–H groups in total. The highest BCUT2D eigenvalue weighted by Crippen LogP contribution is 2.17. The van der Waals surface area contributed by atoms with Crippen molar-refractivity contribution in [2.24, 2.45) is 4.99 Å². The van der Waals surface area contributed by atoms with Crippen LogP contribution in [0.4, 0.5) is 0 Å². The van der Waals surface area contributed by atoms with E-state index >= 15 is 0 Å². The molecule has 1 heterocycles. The van der Waals surface area contributed by atoms with E-state index in [0.717, 1.165) is 16.8 Å². The Hall–Kier alpha value is -1.77. The lowest BCUT2D eigenvalue weighted by Crippen LogP contribution is -1.87. The van der Waals surface area contributed by atoms with Crippen LogP contribution in [0.2, 0.25) is 0 Å². The molecule has 0 amide bonds. The van der Waals surface area contributed by atoms with Crippen molar-refractivity contribution in [2.75, 3.05) is 0 Å². The number of aromatic nitrogens is 1. The second kappa shape index (κ2) is 4.30. The Kier molecular flexibility index (Phi) is 3.09. The molecule has 0 aliphatic rings. The summed E-state index contributed by atoms with van der Waals surface area (Å²) in [6.07, 6.45) is 4.65. The van der Waals surface area contributed by atoms with Gasteiger partial charge in [0.25, 0.3) is 0 Å². The summed E-state index contributed by atoms with van der Waals surface area (Å²) in [6, 6.07) is 3.69. The van der Waals surface area contributed by atoms with Gasteiger partial charge in [0.1, 0.15) is 0 Å². The van der Waals surface area contributed by atoms with E-state index in [0.29, 0.717) is 0 Å². The molecule has 0 atom stereocenters. The monoisotopic (exact) mass is 173 g/mol. The van der Waals surface area contributed by atoms with Crippen LogP contribution in [0.5, 0.6) is 0 Å². The second-order valence-corrected chi connectivity index (χ2v) is 2.57. The second-order valence-electron chi connectivity index (χ2n) is 2.57. The molecule has 1 rings (SSSR count).